The maximum absolute atomic E-state index is 12.7. The van der Waals surface area contributed by atoms with Crippen LogP contribution in [0.1, 0.15) is 19.0 Å². The summed E-state index contributed by atoms with van der Waals surface area (Å²) in [6.07, 6.45) is 4.61. The van der Waals surface area contributed by atoms with Crippen molar-refractivity contribution in [3.63, 3.8) is 0 Å². The predicted octanol–water partition coefficient (Wildman–Crippen LogP) is 2.16. The van der Waals surface area contributed by atoms with E-state index in [0.29, 0.717) is 5.82 Å². The third-order valence-electron chi connectivity index (χ3n) is 2.02. The van der Waals surface area contributed by atoms with Gasteiger partial charge in [-0.15, -0.1) is 6.07 Å². The molecule has 87 valence electrons. The van der Waals surface area contributed by atoms with E-state index >= 15 is 0 Å². The summed E-state index contributed by atoms with van der Waals surface area (Å²) in [5.74, 6) is 0.0579. The van der Waals surface area contributed by atoms with Gasteiger partial charge in [-0.1, -0.05) is 31.7 Å². The summed E-state index contributed by atoms with van der Waals surface area (Å²) in [6.45, 7) is 2.09. The van der Waals surface area contributed by atoms with Crippen LogP contribution in [0.5, 0.6) is 0 Å². The van der Waals surface area contributed by atoms with Crippen LogP contribution in [0.2, 0.25) is 0 Å². The quantitative estimate of drug-likeness (QED) is 0.745. The molecule has 0 aliphatic rings. The molecule has 0 saturated heterocycles. The van der Waals surface area contributed by atoms with Crippen molar-refractivity contribution < 1.29 is 24.5 Å². The Labute approximate surface area is 107 Å². The van der Waals surface area contributed by atoms with Crippen molar-refractivity contribution in [2.45, 2.75) is 19.8 Å². The minimum Gasteiger partial charge on any atom is -0.341 e. The minimum atomic E-state index is -0.544. The SMILES string of the molecule is CCCc1cccc(-n2[c-]cc(F)n2)n1.[Ir]. The largest absolute Gasteiger partial charge is 0.341 e. The number of rotatable bonds is 3. The molecule has 2 aromatic heterocycles. The first kappa shape index (κ1) is 13.0. The topological polar surface area (TPSA) is 30.7 Å². The number of pyridine rings is 1. The second-order valence-electron chi connectivity index (χ2n) is 3.25. The van der Waals surface area contributed by atoms with Gasteiger partial charge >= 0.3 is 0 Å². The molecule has 0 aliphatic carbocycles. The average molecular weight is 396 g/mol. The summed E-state index contributed by atoms with van der Waals surface area (Å²) in [4.78, 5) is 4.35. The number of hydrogen-bond donors (Lipinski definition) is 0. The van der Waals surface area contributed by atoms with E-state index in [4.69, 9.17) is 0 Å². The van der Waals surface area contributed by atoms with Gasteiger partial charge in [0.05, 0.1) is 5.82 Å². The maximum Gasteiger partial charge on any atom is 0.126 e. The minimum absolute atomic E-state index is 0. The molecule has 0 saturated carbocycles. The van der Waals surface area contributed by atoms with Gasteiger partial charge in [0, 0.05) is 25.8 Å². The van der Waals surface area contributed by atoms with Gasteiger partial charge in [-0.3, -0.25) is 9.37 Å². The first-order valence-corrected chi connectivity index (χ1v) is 4.89. The summed E-state index contributed by atoms with van der Waals surface area (Å²) in [7, 11) is 0. The molecule has 5 heteroatoms. The van der Waals surface area contributed by atoms with Crippen molar-refractivity contribution in [1.29, 1.82) is 0 Å². The van der Waals surface area contributed by atoms with Crippen LogP contribution in [0.15, 0.2) is 24.3 Å². The first-order valence-electron chi connectivity index (χ1n) is 4.89. The van der Waals surface area contributed by atoms with Crippen LogP contribution in [0.4, 0.5) is 4.39 Å². The van der Waals surface area contributed by atoms with Gasteiger partial charge < -0.3 is 4.68 Å². The van der Waals surface area contributed by atoms with E-state index in [1.54, 1.807) is 6.07 Å². The van der Waals surface area contributed by atoms with Crippen LogP contribution in [0.25, 0.3) is 5.82 Å². The monoisotopic (exact) mass is 397 g/mol. The van der Waals surface area contributed by atoms with Crippen LogP contribution in [0.3, 0.4) is 0 Å². The van der Waals surface area contributed by atoms with Crippen molar-refractivity contribution in [1.82, 2.24) is 14.8 Å². The molecule has 2 rings (SSSR count). The molecule has 0 unspecified atom stereocenters. The zero-order valence-electron chi connectivity index (χ0n) is 8.78. The molecule has 1 radical (unpaired) electrons. The van der Waals surface area contributed by atoms with Crippen LogP contribution < -0.4 is 0 Å². The fraction of sp³-hybridized carbons (Fsp3) is 0.273. The Bertz CT molecular complexity index is 456. The van der Waals surface area contributed by atoms with E-state index in [1.807, 2.05) is 12.1 Å². The van der Waals surface area contributed by atoms with Gasteiger partial charge in [-0.05, 0) is 12.5 Å². The summed E-state index contributed by atoms with van der Waals surface area (Å²) >= 11 is 0. The molecule has 0 bridgehead atoms. The molecule has 0 fully saturated rings. The number of hydrogen-bond acceptors (Lipinski definition) is 2. The van der Waals surface area contributed by atoms with Gasteiger partial charge in [0.15, 0.2) is 0 Å². The maximum atomic E-state index is 12.7. The van der Waals surface area contributed by atoms with E-state index in [9.17, 15) is 4.39 Å². The van der Waals surface area contributed by atoms with Crippen LogP contribution in [-0.4, -0.2) is 14.8 Å². The van der Waals surface area contributed by atoms with Crippen molar-refractivity contribution in [2.24, 2.45) is 0 Å². The summed E-state index contributed by atoms with van der Waals surface area (Å²) in [6, 6.07) is 6.81. The fourth-order valence-corrected chi connectivity index (χ4v) is 1.37. The van der Waals surface area contributed by atoms with E-state index in [-0.39, 0.29) is 20.1 Å². The Morgan fingerprint density at radius 3 is 2.88 bits per heavy atom. The van der Waals surface area contributed by atoms with E-state index in [1.165, 1.54) is 10.7 Å². The van der Waals surface area contributed by atoms with Crippen molar-refractivity contribution >= 4 is 0 Å². The summed E-state index contributed by atoms with van der Waals surface area (Å²) in [5, 5.41) is 3.61. The number of aromatic nitrogens is 3. The standard InChI is InChI=1S/C11H11FN3.Ir/c1-2-4-9-5-3-6-11(13-9)15-8-7-10(12)14-15;/h3,5-7H,2,4H2,1H3;/q-1;. The Morgan fingerprint density at radius 2 is 2.25 bits per heavy atom. The van der Waals surface area contributed by atoms with Crippen LogP contribution in [-0.2, 0) is 26.5 Å². The Morgan fingerprint density at radius 1 is 1.44 bits per heavy atom. The summed E-state index contributed by atoms with van der Waals surface area (Å²) in [5.41, 5.74) is 0.985. The molecule has 2 aromatic rings. The van der Waals surface area contributed by atoms with Gasteiger partial charge in [0.1, 0.15) is 5.95 Å². The van der Waals surface area contributed by atoms with Gasteiger partial charge in [0.25, 0.3) is 0 Å². The van der Waals surface area contributed by atoms with Gasteiger partial charge in [-0.25, -0.2) is 5.10 Å². The Balaban J connectivity index is 0.00000128. The molecule has 16 heavy (non-hydrogen) atoms. The molecule has 2 heterocycles. The molecule has 0 N–H and O–H groups in total. The first-order chi connectivity index (χ1) is 7.29. The Hall–Kier alpha value is -1.06. The smallest absolute Gasteiger partial charge is 0.126 e. The van der Waals surface area contributed by atoms with E-state index in [0.717, 1.165) is 18.5 Å². The zero-order valence-corrected chi connectivity index (χ0v) is 11.2. The normalized spacial score (nSPS) is 9.88. The van der Waals surface area contributed by atoms with Crippen LogP contribution in [0, 0.1) is 12.1 Å². The third kappa shape index (κ3) is 2.97. The van der Waals surface area contributed by atoms with E-state index < -0.39 is 5.95 Å². The van der Waals surface area contributed by atoms with Gasteiger partial charge in [0.2, 0.25) is 0 Å². The second kappa shape index (κ2) is 5.87. The number of aryl methyl sites for hydroxylation is 1. The average Bonchev–Trinajstić information content (AvgIpc) is 2.66. The van der Waals surface area contributed by atoms with Gasteiger partial charge in [-0.2, -0.15) is 0 Å². The molecule has 0 aromatic carbocycles. The predicted molar refractivity (Wildman–Crippen MR) is 54.1 cm³/mol. The number of halogens is 1. The molecule has 3 nitrogen and oxygen atoms in total. The molecule has 0 aliphatic heterocycles. The third-order valence-corrected chi connectivity index (χ3v) is 2.02. The van der Waals surface area contributed by atoms with E-state index in [2.05, 4.69) is 23.2 Å². The summed E-state index contributed by atoms with van der Waals surface area (Å²) < 4.78 is 14.0. The molecular formula is C11H11FIrN3-. The molecule has 0 atom stereocenters. The van der Waals surface area contributed by atoms with Crippen molar-refractivity contribution in [2.75, 3.05) is 0 Å². The number of nitrogens with zero attached hydrogens (tertiary/aromatic N) is 3. The Kier molecular flexibility index (Phi) is 4.77. The second-order valence-corrected chi connectivity index (χ2v) is 3.25. The van der Waals surface area contributed by atoms with Crippen LogP contribution >= 0.6 is 0 Å². The molecule has 0 spiro atoms. The van der Waals surface area contributed by atoms with Crippen molar-refractivity contribution in [3.05, 3.63) is 42.1 Å². The molecule has 0 amide bonds. The fourth-order valence-electron chi connectivity index (χ4n) is 1.37. The zero-order chi connectivity index (χ0) is 10.7. The van der Waals surface area contributed by atoms with Crippen molar-refractivity contribution in [3.8, 4) is 5.82 Å². The molecular weight excluding hydrogens is 385 g/mol.